The second-order valence-corrected chi connectivity index (χ2v) is 4.38. The summed E-state index contributed by atoms with van der Waals surface area (Å²) in [6.07, 6.45) is 5.11. The van der Waals surface area contributed by atoms with E-state index >= 15 is 0 Å². The van der Waals surface area contributed by atoms with E-state index in [2.05, 4.69) is 0 Å². The lowest BCUT2D eigenvalue weighted by atomic mass is 10.2. The first-order chi connectivity index (χ1) is 12.9. The fraction of sp³-hybridized carbons (Fsp3) is 0.0500. The molecule has 0 aliphatic carbocycles. The Kier molecular flexibility index (Phi) is 17.2. The third-order valence-electron chi connectivity index (χ3n) is 2.40. The van der Waals surface area contributed by atoms with Crippen molar-refractivity contribution >= 4 is 36.6 Å². The number of Topliss-reactive ketones (excluding diaryl/α,β-unsaturated/α-hetero) is 1. The van der Waals surface area contributed by atoms with Gasteiger partial charge in [-0.05, 0) is 11.6 Å². The summed E-state index contributed by atoms with van der Waals surface area (Å²) < 4.78 is 0. The zero-order valence-corrected chi connectivity index (χ0v) is 14.5. The van der Waals surface area contributed by atoms with Crippen LogP contribution in [0.3, 0.4) is 0 Å². The van der Waals surface area contributed by atoms with E-state index in [0.717, 1.165) is 30.6 Å². The van der Waals surface area contributed by atoms with Gasteiger partial charge in [0.05, 0.1) is 0 Å². The van der Waals surface area contributed by atoms with Crippen molar-refractivity contribution in [1.82, 2.24) is 0 Å². The molecule has 2 aromatic carbocycles. The summed E-state index contributed by atoms with van der Waals surface area (Å²) in [5.74, 6) is -2.20. The first-order valence-corrected chi connectivity index (χ1v) is 7.33. The van der Waals surface area contributed by atoms with E-state index in [1.54, 1.807) is 18.2 Å². The van der Waals surface area contributed by atoms with E-state index in [4.69, 9.17) is 14.7 Å². The Morgan fingerprint density at radius 2 is 1.22 bits per heavy atom. The average molecular weight is 370 g/mol. The Labute approximate surface area is 155 Å². The number of rotatable bonds is 4. The van der Waals surface area contributed by atoms with Gasteiger partial charge < -0.3 is 5.11 Å². The SMILES string of the molecule is CC(=O)C(=O)O.O=C/C=C/c1ccccc1.O=C=O.O=Cc1ccccc1. The van der Waals surface area contributed by atoms with E-state index in [-0.39, 0.29) is 6.15 Å². The first-order valence-electron chi connectivity index (χ1n) is 7.33. The quantitative estimate of drug-likeness (QED) is 0.498. The number of carbonyl (C=O) groups excluding carboxylic acids is 5. The number of ketones is 1. The van der Waals surface area contributed by atoms with Gasteiger partial charge in [-0.3, -0.25) is 14.4 Å². The van der Waals surface area contributed by atoms with Crippen LogP contribution in [0.2, 0.25) is 0 Å². The molecule has 0 bridgehead atoms. The first kappa shape index (κ1) is 25.3. The summed E-state index contributed by atoms with van der Waals surface area (Å²) in [6.45, 7) is 1.00. The summed E-state index contributed by atoms with van der Waals surface area (Å²) >= 11 is 0. The molecule has 0 saturated heterocycles. The molecule has 0 aromatic heterocycles. The lowest BCUT2D eigenvalue weighted by molar-refractivity contribution is -0.191. The fourth-order valence-corrected chi connectivity index (χ4v) is 1.25. The molecule has 0 aliphatic rings. The second-order valence-electron chi connectivity index (χ2n) is 4.38. The van der Waals surface area contributed by atoms with Crippen molar-refractivity contribution in [3.05, 3.63) is 77.9 Å². The molecule has 0 radical (unpaired) electrons. The third-order valence-corrected chi connectivity index (χ3v) is 2.40. The highest BCUT2D eigenvalue weighted by Gasteiger charge is 1.99. The van der Waals surface area contributed by atoms with Crippen molar-refractivity contribution in [1.29, 1.82) is 0 Å². The minimum Gasteiger partial charge on any atom is -0.476 e. The molecular formula is C20H18O7. The Morgan fingerprint density at radius 1 is 0.852 bits per heavy atom. The molecular weight excluding hydrogens is 352 g/mol. The summed E-state index contributed by atoms with van der Waals surface area (Å²) in [6, 6.07) is 18.8. The molecule has 0 atom stereocenters. The van der Waals surface area contributed by atoms with Crippen LogP contribution in [-0.4, -0.2) is 35.6 Å². The predicted molar refractivity (Wildman–Crippen MR) is 96.7 cm³/mol. The number of aldehydes is 2. The van der Waals surface area contributed by atoms with Crippen molar-refractivity contribution in [2.45, 2.75) is 6.92 Å². The standard InChI is InChI=1S/C9H8O.C7H6O.C3H4O3.CO2/c10-8-4-7-9-5-2-1-3-6-9;8-6-7-4-2-1-3-5-7;1-2(4)3(5)6;2-1-3/h1-8H;1-6H;1H3,(H,5,6);/b7-4+;;;. The number of benzene rings is 2. The highest BCUT2D eigenvalue weighted by Crippen LogP contribution is 1.99. The van der Waals surface area contributed by atoms with Crippen LogP contribution in [0.4, 0.5) is 0 Å². The number of allylic oxidation sites excluding steroid dienone is 1. The average Bonchev–Trinajstić information content (AvgIpc) is 2.69. The van der Waals surface area contributed by atoms with Gasteiger partial charge in [-0.25, -0.2) is 4.79 Å². The number of hydrogen-bond donors (Lipinski definition) is 1. The molecule has 1 N–H and O–H groups in total. The van der Waals surface area contributed by atoms with Crippen LogP contribution in [0, 0.1) is 0 Å². The molecule has 2 aromatic rings. The molecule has 0 amide bonds. The van der Waals surface area contributed by atoms with E-state index in [1.165, 1.54) is 6.08 Å². The van der Waals surface area contributed by atoms with Crippen LogP contribution < -0.4 is 0 Å². The van der Waals surface area contributed by atoms with Crippen molar-refractivity contribution < 1.29 is 33.9 Å². The lowest BCUT2D eigenvalue weighted by Gasteiger charge is -1.86. The maximum Gasteiger partial charge on any atom is 0.373 e. The minimum absolute atomic E-state index is 0.250. The van der Waals surface area contributed by atoms with Gasteiger partial charge in [0.1, 0.15) is 12.6 Å². The number of aliphatic carboxylic acids is 1. The largest absolute Gasteiger partial charge is 0.476 e. The fourth-order valence-electron chi connectivity index (χ4n) is 1.25. The molecule has 0 fully saturated rings. The van der Waals surface area contributed by atoms with E-state index in [1.807, 2.05) is 48.5 Å². The molecule has 0 heterocycles. The molecule has 7 heteroatoms. The van der Waals surface area contributed by atoms with E-state index < -0.39 is 11.8 Å². The van der Waals surface area contributed by atoms with Gasteiger partial charge in [-0.1, -0.05) is 66.7 Å². The van der Waals surface area contributed by atoms with Crippen molar-refractivity contribution in [3.8, 4) is 0 Å². The summed E-state index contributed by atoms with van der Waals surface area (Å²) in [7, 11) is 0. The van der Waals surface area contributed by atoms with Gasteiger partial charge in [0.2, 0.25) is 5.78 Å². The Bertz CT molecular complexity index is 732. The molecule has 7 nitrogen and oxygen atoms in total. The minimum atomic E-state index is -1.38. The predicted octanol–water partition coefficient (Wildman–Crippen LogP) is 2.47. The molecule has 0 aliphatic heterocycles. The Morgan fingerprint density at radius 3 is 1.48 bits per heavy atom. The van der Waals surface area contributed by atoms with E-state index in [9.17, 15) is 19.2 Å². The second kappa shape index (κ2) is 18.4. The van der Waals surface area contributed by atoms with E-state index in [0.29, 0.717) is 0 Å². The Hall–Kier alpha value is -3.96. The van der Waals surface area contributed by atoms with Crippen molar-refractivity contribution in [3.63, 3.8) is 0 Å². The van der Waals surface area contributed by atoms with Crippen LogP contribution in [0.25, 0.3) is 6.08 Å². The van der Waals surface area contributed by atoms with Crippen LogP contribution in [0.1, 0.15) is 22.8 Å². The summed E-state index contributed by atoms with van der Waals surface area (Å²) in [5.41, 5.74) is 1.78. The van der Waals surface area contributed by atoms with Gasteiger partial charge in [0.25, 0.3) is 0 Å². The molecule has 2 rings (SSSR count). The highest BCUT2D eigenvalue weighted by atomic mass is 16.4. The summed E-state index contributed by atoms with van der Waals surface area (Å²) in [4.78, 5) is 55.0. The third kappa shape index (κ3) is 18.2. The van der Waals surface area contributed by atoms with Gasteiger partial charge >= 0.3 is 12.1 Å². The smallest absolute Gasteiger partial charge is 0.373 e. The van der Waals surface area contributed by atoms with Gasteiger partial charge in [0, 0.05) is 12.5 Å². The number of carbonyl (C=O) groups is 4. The maximum absolute atomic E-state index is 10.0. The van der Waals surface area contributed by atoms with Crippen LogP contribution in [-0.2, 0) is 24.0 Å². The zero-order valence-electron chi connectivity index (χ0n) is 14.5. The molecule has 140 valence electrons. The van der Waals surface area contributed by atoms with Crippen LogP contribution in [0.5, 0.6) is 0 Å². The lowest BCUT2D eigenvalue weighted by Crippen LogP contribution is -2.05. The molecule has 0 saturated carbocycles. The topological polar surface area (TPSA) is 123 Å². The number of hydrogen-bond acceptors (Lipinski definition) is 6. The zero-order chi connectivity index (χ0) is 20.9. The molecule has 0 spiro atoms. The number of carboxylic acids is 1. The normalized spacial score (nSPS) is 8.19. The van der Waals surface area contributed by atoms with Crippen molar-refractivity contribution in [2.24, 2.45) is 0 Å². The summed E-state index contributed by atoms with van der Waals surface area (Å²) in [5, 5.41) is 7.64. The van der Waals surface area contributed by atoms with Crippen LogP contribution >= 0.6 is 0 Å². The van der Waals surface area contributed by atoms with Gasteiger partial charge in [0.15, 0.2) is 0 Å². The number of carboxylic acid groups (broad SMARTS) is 1. The Balaban J connectivity index is 0. The molecule has 0 unspecified atom stereocenters. The highest BCUT2D eigenvalue weighted by molar-refractivity contribution is 6.31. The van der Waals surface area contributed by atoms with Gasteiger partial charge in [-0.2, -0.15) is 9.59 Å². The maximum atomic E-state index is 10.0. The van der Waals surface area contributed by atoms with Gasteiger partial charge in [-0.15, -0.1) is 0 Å². The molecule has 27 heavy (non-hydrogen) atoms. The van der Waals surface area contributed by atoms with Crippen LogP contribution in [0.15, 0.2) is 66.7 Å². The van der Waals surface area contributed by atoms with Crippen molar-refractivity contribution in [2.75, 3.05) is 0 Å². The monoisotopic (exact) mass is 370 g/mol.